The lowest BCUT2D eigenvalue weighted by atomic mass is 10.1. The molecule has 7 heteroatoms. The minimum Gasteiger partial charge on any atom is -0.493 e. The van der Waals surface area contributed by atoms with Gasteiger partial charge in [-0.1, -0.05) is 0 Å². The van der Waals surface area contributed by atoms with Crippen molar-refractivity contribution in [2.24, 2.45) is 0 Å². The minimum atomic E-state index is -0.554. The van der Waals surface area contributed by atoms with Gasteiger partial charge < -0.3 is 14.2 Å². The zero-order valence-corrected chi connectivity index (χ0v) is 13.0. The number of ether oxygens (including phenoxy) is 3. The SMILES string of the molecule is CCOC(=O)/C=C/c1cc(OC)c(OC(C)C)c([N+](=O)[O-])c1. The molecular formula is C15H19NO6. The average molecular weight is 309 g/mol. The minimum absolute atomic E-state index is 0.0655. The van der Waals surface area contributed by atoms with E-state index < -0.39 is 10.9 Å². The van der Waals surface area contributed by atoms with E-state index in [4.69, 9.17) is 14.2 Å². The quantitative estimate of drug-likeness (QED) is 0.333. The van der Waals surface area contributed by atoms with Gasteiger partial charge in [0.2, 0.25) is 5.75 Å². The Morgan fingerprint density at radius 3 is 2.59 bits per heavy atom. The molecule has 1 aromatic carbocycles. The first kappa shape index (κ1) is 17.5. The standard InChI is InChI=1S/C15H19NO6/c1-5-21-14(17)7-6-11-8-12(16(18)19)15(22-10(2)3)13(9-11)20-4/h6-10H,5H2,1-4H3/b7-6+. The number of nitro benzene ring substituents is 1. The second-order valence-electron chi connectivity index (χ2n) is 4.58. The van der Waals surface area contributed by atoms with Crippen molar-refractivity contribution in [3.05, 3.63) is 33.9 Å². The highest BCUT2D eigenvalue weighted by atomic mass is 16.6. The zero-order chi connectivity index (χ0) is 16.7. The summed E-state index contributed by atoms with van der Waals surface area (Å²) in [6.07, 6.45) is 2.38. The van der Waals surface area contributed by atoms with Crippen LogP contribution in [0.3, 0.4) is 0 Å². The first-order valence-corrected chi connectivity index (χ1v) is 6.77. The Bertz CT molecular complexity index is 580. The summed E-state index contributed by atoms with van der Waals surface area (Å²) in [5.74, 6) is -0.228. The van der Waals surface area contributed by atoms with Crippen LogP contribution in [0.4, 0.5) is 5.69 Å². The predicted molar refractivity (Wildman–Crippen MR) is 81.1 cm³/mol. The van der Waals surface area contributed by atoms with Crippen LogP contribution in [0.5, 0.6) is 11.5 Å². The fourth-order valence-corrected chi connectivity index (χ4v) is 1.70. The van der Waals surface area contributed by atoms with Crippen molar-refractivity contribution in [1.82, 2.24) is 0 Å². The normalized spacial score (nSPS) is 10.8. The van der Waals surface area contributed by atoms with Crippen LogP contribution in [0.1, 0.15) is 26.3 Å². The maximum absolute atomic E-state index is 11.3. The van der Waals surface area contributed by atoms with Gasteiger partial charge in [-0.05, 0) is 38.5 Å². The van der Waals surface area contributed by atoms with Crippen LogP contribution in [-0.4, -0.2) is 30.7 Å². The Labute approximate surface area is 128 Å². The summed E-state index contributed by atoms with van der Waals surface area (Å²) in [5.41, 5.74) is 0.212. The highest BCUT2D eigenvalue weighted by Gasteiger charge is 2.22. The van der Waals surface area contributed by atoms with E-state index in [0.29, 0.717) is 5.56 Å². The summed E-state index contributed by atoms with van der Waals surface area (Å²) >= 11 is 0. The molecule has 0 aliphatic carbocycles. The molecule has 0 spiro atoms. The van der Waals surface area contributed by atoms with E-state index >= 15 is 0 Å². The van der Waals surface area contributed by atoms with Gasteiger partial charge in [0.15, 0.2) is 5.75 Å². The smallest absolute Gasteiger partial charge is 0.330 e. The van der Waals surface area contributed by atoms with Gasteiger partial charge in [-0.3, -0.25) is 10.1 Å². The molecular weight excluding hydrogens is 290 g/mol. The molecule has 0 aromatic heterocycles. The molecule has 1 rings (SSSR count). The lowest BCUT2D eigenvalue weighted by Crippen LogP contribution is -2.09. The van der Waals surface area contributed by atoms with Crippen molar-refractivity contribution in [1.29, 1.82) is 0 Å². The molecule has 7 nitrogen and oxygen atoms in total. The molecule has 0 amide bonds. The Balaban J connectivity index is 3.24. The van der Waals surface area contributed by atoms with Crippen LogP contribution in [0.25, 0.3) is 6.08 Å². The number of benzene rings is 1. The maximum atomic E-state index is 11.3. The van der Waals surface area contributed by atoms with E-state index in [1.165, 1.54) is 25.3 Å². The Kier molecular flexibility index (Phi) is 6.37. The topological polar surface area (TPSA) is 87.9 Å². The second-order valence-corrected chi connectivity index (χ2v) is 4.58. The summed E-state index contributed by atoms with van der Waals surface area (Å²) in [5, 5.41) is 11.2. The van der Waals surface area contributed by atoms with Gasteiger partial charge >= 0.3 is 11.7 Å². The van der Waals surface area contributed by atoms with Crippen LogP contribution in [0, 0.1) is 10.1 Å². The maximum Gasteiger partial charge on any atom is 0.330 e. The second kappa shape index (κ2) is 8.02. The van der Waals surface area contributed by atoms with Gasteiger partial charge in [-0.15, -0.1) is 0 Å². The van der Waals surface area contributed by atoms with Crippen molar-refractivity contribution in [2.75, 3.05) is 13.7 Å². The van der Waals surface area contributed by atoms with Crippen molar-refractivity contribution < 1.29 is 23.9 Å². The number of rotatable bonds is 7. The number of methoxy groups -OCH3 is 1. The number of hydrogen-bond donors (Lipinski definition) is 0. The third-order valence-electron chi connectivity index (χ3n) is 2.53. The molecule has 0 fully saturated rings. The molecule has 0 N–H and O–H groups in total. The molecule has 120 valence electrons. The lowest BCUT2D eigenvalue weighted by Gasteiger charge is -2.14. The van der Waals surface area contributed by atoms with Gasteiger partial charge in [-0.2, -0.15) is 0 Å². The van der Waals surface area contributed by atoms with Crippen molar-refractivity contribution in [2.45, 2.75) is 26.9 Å². The van der Waals surface area contributed by atoms with Crippen LogP contribution >= 0.6 is 0 Å². The molecule has 0 saturated carbocycles. The van der Waals surface area contributed by atoms with E-state index in [1.54, 1.807) is 26.8 Å². The number of nitro groups is 1. The number of carbonyl (C=O) groups is 1. The molecule has 0 bridgehead atoms. The largest absolute Gasteiger partial charge is 0.493 e. The zero-order valence-electron chi connectivity index (χ0n) is 13.0. The number of nitrogens with zero attached hydrogens (tertiary/aromatic N) is 1. The molecule has 0 unspecified atom stereocenters. The Hall–Kier alpha value is -2.57. The van der Waals surface area contributed by atoms with Crippen LogP contribution < -0.4 is 9.47 Å². The molecule has 22 heavy (non-hydrogen) atoms. The van der Waals surface area contributed by atoms with Gasteiger partial charge in [0.25, 0.3) is 0 Å². The van der Waals surface area contributed by atoms with E-state index in [-0.39, 0.29) is 29.9 Å². The van der Waals surface area contributed by atoms with E-state index in [0.717, 1.165) is 0 Å². The average Bonchev–Trinajstić information content (AvgIpc) is 2.45. The van der Waals surface area contributed by atoms with Crippen molar-refractivity contribution in [3.8, 4) is 11.5 Å². The molecule has 0 heterocycles. The summed E-state index contributed by atoms with van der Waals surface area (Å²) in [6, 6.07) is 2.87. The molecule has 0 aliphatic heterocycles. The van der Waals surface area contributed by atoms with E-state index in [9.17, 15) is 14.9 Å². The number of hydrogen-bond acceptors (Lipinski definition) is 6. The first-order valence-electron chi connectivity index (χ1n) is 6.77. The van der Waals surface area contributed by atoms with Crippen LogP contribution in [-0.2, 0) is 9.53 Å². The molecule has 1 aromatic rings. The van der Waals surface area contributed by atoms with E-state index in [1.807, 2.05) is 0 Å². The van der Waals surface area contributed by atoms with Gasteiger partial charge in [0.05, 0.1) is 24.7 Å². The van der Waals surface area contributed by atoms with Crippen LogP contribution in [0.15, 0.2) is 18.2 Å². The Morgan fingerprint density at radius 1 is 1.41 bits per heavy atom. The van der Waals surface area contributed by atoms with Crippen molar-refractivity contribution in [3.63, 3.8) is 0 Å². The molecule has 0 radical (unpaired) electrons. The molecule has 0 aliphatic rings. The van der Waals surface area contributed by atoms with Gasteiger partial charge in [0.1, 0.15) is 0 Å². The Morgan fingerprint density at radius 2 is 2.09 bits per heavy atom. The molecule has 0 atom stereocenters. The van der Waals surface area contributed by atoms with Gasteiger partial charge in [-0.25, -0.2) is 4.79 Å². The fraction of sp³-hybridized carbons (Fsp3) is 0.400. The highest BCUT2D eigenvalue weighted by Crippen LogP contribution is 2.39. The lowest BCUT2D eigenvalue weighted by molar-refractivity contribution is -0.386. The van der Waals surface area contributed by atoms with Crippen molar-refractivity contribution >= 4 is 17.7 Å². The summed E-state index contributed by atoms with van der Waals surface area (Å²) in [4.78, 5) is 22.0. The van der Waals surface area contributed by atoms with Crippen LogP contribution in [0.2, 0.25) is 0 Å². The fourth-order valence-electron chi connectivity index (χ4n) is 1.70. The third kappa shape index (κ3) is 4.76. The number of esters is 1. The monoisotopic (exact) mass is 309 g/mol. The van der Waals surface area contributed by atoms with E-state index in [2.05, 4.69) is 0 Å². The first-order chi connectivity index (χ1) is 10.4. The molecule has 0 saturated heterocycles. The summed E-state index contributed by atoms with van der Waals surface area (Å²) in [6.45, 7) is 5.47. The number of carbonyl (C=O) groups excluding carboxylic acids is 1. The highest BCUT2D eigenvalue weighted by molar-refractivity contribution is 5.87. The van der Waals surface area contributed by atoms with Gasteiger partial charge in [0, 0.05) is 12.1 Å². The summed E-state index contributed by atoms with van der Waals surface area (Å²) < 4.78 is 15.4. The summed E-state index contributed by atoms with van der Waals surface area (Å²) in [7, 11) is 1.39. The third-order valence-corrected chi connectivity index (χ3v) is 2.53. The predicted octanol–water partition coefficient (Wildman–Crippen LogP) is 2.97.